The summed E-state index contributed by atoms with van der Waals surface area (Å²) in [5.41, 5.74) is 6.78. The third-order valence-electron chi connectivity index (χ3n) is 6.83. The van der Waals surface area contributed by atoms with Crippen LogP contribution in [0.3, 0.4) is 0 Å². The maximum absolute atomic E-state index is 14.0. The molecular formula is C22H28FN3O. The van der Waals surface area contributed by atoms with Crippen LogP contribution >= 0.6 is 0 Å². The van der Waals surface area contributed by atoms with Gasteiger partial charge in [0.25, 0.3) is 0 Å². The minimum atomic E-state index is -0.0876. The highest BCUT2D eigenvalue weighted by molar-refractivity contribution is 5.35. The van der Waals surface area contributed by atoms with Crippen LogP contribution in [0.25, 0.3) is 0 Å². The van der Waals surface area contributed by atoms with Crippen LogP contribution in [0.4, 0.5) is 4.39 Å². The van der Waals surface area contributed by atoms with Crippen molar-refractivity contribution in [2.45, 2.75) is 57.2 Å². The van der Waals surface area contributed by atoms with Crippen LogP contribution in [0.5, 0.6) is 5.75 Å². The molecule has 1 aromatic carbocycles. The van der Waals surface area contributed by atoms with Gasteiger partial charge >= 0.3 is 0 Å². The fraction of sp³-hybridized carbons (Fsp3) is 0.591. The molecule has 1 aromatic rings. The van der Waals surface area contributed by atoms with Crippen molar-refractivity contribution in [1.82, 2.24) is 4.90 Å². The summed E-state index contributed by atoms with van der Waals surface area (Å²) in [5, 5.41) is 9.02. The van der Waals surface area contributed by atoms with E-state index in [1.165, 1.54) is 0 Å². The fourth-order valence-electron chi connectivity index (χ4n) is 5.23. The summed E-state index contributed by atoms with van der Waals surface area (Å²) in [6.45, 7) is 4.16. The summed E-state index contributed by atoms with van der Waals surface area (Å²) in [6.07, 6.45) is 6.21. The maximum atomic E-state index is 14.0. The number of ether oxygens (including phenoxy) is 1. The van der Waals surface area contributed by atoms with E-state index in [1.807, 2.05) is 18.2 Å². The summed E-state index contributed by atoms with van der Waals surface area (Å²) >= 11 is 0. The van der Waals surface area contributed by atoms with Crippen molar-refractivity contribution in [1.29, 1.82) is 5.26 Å². The summed E-state index contributed by atoms with van der Waals surface area (Å²) in [4.78, 5) is 2.47. The van der Waals surface area contributed by atoms with Gasteiger partial charge in [-0.1, -0.05) is 6.92 Å². The molecule has 2 N–H and O–H groups in total. The zero-order valence-electron chi connectivity index (χ0n) is 15.9. The smallest absolute Gasteiger partial charge is 0.120 e. The van der Waals surface area contributed by atoms with Crippen LogP contribution in [0.2, 0.25) is 0 Å². The predicted octanol–water partition coefficient (Wildman–Crippen LogP) is 3.77. The van der Waals surface area contributed by atoms with Crippen molar-refractivity contribution < 1.29 is 9.13 Å². The Labute approximate surface area is 160 Å². The van der Waals surface area contributed by atoms with Crippen LogP contribution in [0.15, 0.2) is 36.2 Å². The van der Waals surface area contributed by atoms with E-state index in [4.69, 9.17) is 15.7 Å². The van der Waals surface area contributed by atoms with E-state index in [0.29, 0.717) is 12.0 Å². The van der Waals surface area contributed by atoms with E-state index >= 15 is 0 Å². The molecule has 1 saturated carbocycles. The van der Waals surface area contributed by atoms with E-state index in [1.54, 1.807) is 12.1 Å². The van der Waals surface area contributed by atoms with Gasteiger partial charge in [0.1, 0.15) is 11.9 Å². The van der Waals surface area contributed by atoms with Crippen molar-refractivity contribution in [2.75, 3.05) is 13.1 Å². The molecule has 2 aliphatic carbocycles. The van der Waals surface area contributed by atoms with E-state index in [2.05, 4.69) is 17.9 Å². The molecule has 1 aliphatic heterocycles. The minimum Gasteiger partial charge on any atom is -0.488 e. The second-order valence-electron chi connectivity index (χ2n) is 8.60. The lowest BCUT2D eigenvalue weighted by atomic mass is 9.71. The average Bonchev–Trinajstić information content (AvgIpc) is 2.95. The van der Waals surface area contributed by atoms with Crippen LogP contribution < -0.4 is 10.5 Å². The van der Waals surface area contributed by atoms with Gasteiger partial charge < -0.3 is 10.5 Å². The lowest BCUT2D eigenvalue weighted by molar-refractivity contribution is 0.00428. The van der Waals surface area contributed by atoms with Crippen LogP contribution in [-0.2, 0) is 0 Å². The third-order valence-corrected chi connectivity index (χ3v) is 6.83. The lowest BCUT2D eigenvalue weighted by Gasteiger charge is -2.42. The number of nitrogens with two attached hydrogens (primary N) is 1. The maximum Gasteiger partial charge on any atom is 0.120 e. The number of nitrogens with zero attached hydrogens (tertiary/aromatic N) is 2. The summed E-state index contributed by atoms with van der Waals surface area (Å²) in [6, 6.07) is 9.90. The van der Waals surface area contributed by atoms with E-state index < -0.39 is 0 Å². The molecule has 4 nitrogen and oxygen atoms in total. The molecule has 0 amide bonds. The third kappa shape index (κ3) is 3.49. The van der Waals surface area contributed by atoms with Crippen molar-refractivity contribution in [3.05, 3.63) is 41.7 Å². The lowest BCUT2D eigenvalue weighted by Crippen LogP contribution is -2.53. The summed E-state index contributed by atoms with van der Waals surface area (Å²) in [7, 11) is 0. The van der Waals surface area contributed by atoms with E-state index in [0.717, 1.165) is 44.5 Å². The monoisotopic (exact) mass is 369 g/mol. The Bertz CT molecular complexity index is 756. The number of fused-ring (bicyclic) bond motifs is 1. The molecule has 0 unspecified atom stereocenters. The number of piperidine rings is 1. The van der Waals surface area contributed by atoms with Gasteiger partial charge in [0.2, 0.25) is 0 Å². The zero-order chi connectivity index (χ0) is 19.0. The Morgan fingerprint density at radius 2 is 2.11 bits per heavy atom. The zero-order valence-corrected chi connectivity index (χ0v) is 15.9. The van der Waals surface area contributed by atoms with Gasteiger partial charge in [-0.2, -0.15) is 5.26 Å². The number of likely N-dealkylation sites (tertiary alicyclic amines) is 1. The van der Waals surface area contributed by atoms with Crippen molar-refractivity contribution in [2.24, 2.45) is 17.1 Å². The van der Waals surface area contributed by atoms with Crippen LogP contribution in [0, 0.1) is 22.7 Å². The molecule has 2 fully saturated rings. The molecule has 3 aliphatic rings. The molecule has 27 heavy (non-hydrogen) atoms. The van der Waals surface area contributed by atoms with Gasteiger partial charge in [0.05, 0.1) is 17.5 Å². The van der Waals surface area contributed by atoms with E-state index in [9.17, 15) is 4.39 Å². The van der Waals surface area contributed by atoms with Gasteiger partial charge in [0.15, 0.2) is 0 Å². The molecule has 1 heterocycles. The van der Waals surface area contributed by atoms with Crippen molar-refractivity contribution in [3.8, 4) is 11.8 Å². The molecule has 4 rings (SSSR count). The average molecular weight is 369 g/mol. The Hall–Kier alpha value is -1.90. The normalized spacial score (nSPS) is 36.6. The summed E-state index contributed by atoms with van der Waals surface area (Å²) in [5.74, 6) is 0.991. The molecule has 144 valence electrons. The minimum absolute atomic E-state index is 0.00918. The van der Waals surface area contributed by atoms with Crippen molar-refractivity contribution in [3.63, 3.8) is 0 Å². The predicted molar refractivity (Wildman–Crippen MR) is 103 cm³/mol. The first-order chi connectivity index (χ1) is 13.0. The second-order valence-corrected chi connectivity index (χ2v) is 8.60. The first kappa shape index (κ1) is 18.5. The van der Waals surface area contributed by atoms with Gasteiger partial charge in [-0.05, 0) is 74.9 Å². The highest BCUT2D eigenvalue weighted by Crippen LogP contribution is 2.53. The Morgan fingerprint density at radius 1 is 1.33 bits per heavy atom. The first-order valence-electron chi connectivity index (χ1n) is 10.0. The quantitative estimate of drug-likeness (QED) is 0.881. The molecule has 5 heteroatoms. The second kappa shape index (κ2) is 7.26. The topological polar surface area (TPSA) is 62.3 Å². The Kier molecular flexibility index (Phi) is 4.96. The SMILES string of the molecule is C[C@]12CCC(F)=C[C@H]1C[C@@H](N1CCC[C@@H](N)C1)[C@@H]2Oc1ccc(C#N)cc1. The molecule has 0 radical (unpaired) electrons. The Balaban J connectivity index is 1.63. The molecule has 0 bridgehead atoms. The van der Waals surface area contributed by atoms with Gasteiger partial charge in [-0.25, -0.2) is 4.39 Å². The Morgan fingerprint density at radius 3 is 2.81 bits per heavy atom. The van der Waals surface area contributed by atoms with E-state index in [-0.39, 0.29) is 35.3 Å². The first-order valence-corrected chi connectivity index (χ1v) is 10.0. The highest BCUT2D eigenvalue weighted by atomic mass is 19.1. The highest BCUT2D eigenvalue weighted by Gasteiger charge is 2.55. The van der Waals surface area contributed by atoms with Crippen LogP contribution in [0.1, 0.15) is 44.6 Å². The van der Waals surface area contributed by atoms with Gasteiger partial charge in [-0.3, -0.25) is 4.90 Å². The number of hydrogen-bond donors (Lipinski definition) is 1. The molecule has 5 atom stereocenters. The number of rotatable bonds is 3. The van der Waals surface area contributed by atoms with Gasteiger partial charge in [-0.15, -0.1) is 0 Å². The fourth-order valence-corrected chi connectivity index (χ4v) is 5.23. The standard InChI is InChI=1S/C22H28FN3O/c1-22-9-8-17(23)11-16(22)12-20(26-10-2-3-18(25)14-26)21(22)27-19-6-4-15(13-24)5-7-19/h4-7,11,16,18,20-21H,2-3,8-10,12,14,25H2,1H3/t16-,18+,20+,21-,22-/m0/s1. The summed E-state index contributed by atoms with van der Waals surface area (Å²) < 4.78 is 20.6. The van der Waals surface area contributed by atoms with Crippen molar-refractivity contribution >= 4 is 0 Å². The molecular weight excluding hydrogens is 341 g/mol. The number of halogens is 1. The van der Waals surface area contributed by atoms with Crippen LogP contribution in [-0.4, -0.2) is 36.2 Å². The molecule has 0 spiro atoms. The number of nitriles is 1. The largest absolute Gasteiger partial charge is 0.488 e. The van der Waals surface area contributed by atoms with Gasteiger partial charge in [0, 0.05) is 24.0 Å². The molecule has 0 aromatic heterocycles. The number of hydrogen-bond acceptors (Lipinski definition) is 4. The molecule has 1 saturated heterocycles. The number of allylic oxidation sites excluding steroid dienone is 2. The number of benzene rings is 1.